The Morgan fingerprint density at radius 1 is 0.875 bits per heavy atom. The van der Waals surface area contributed by atoms with Gasteiger partial charge in [-0.1, -0.05) is 6.42 Å². The molecule has 0 aliphatic rings. The molecule has 0 aliphatic heterocycles. The van der Waals surface area contributed by atoms with Crippen LogP contribution in [0.4, 0.5) is 0 Å². The summed E-state index contributed by atoms with van der Waals surface area (Å²) in [5.74, 6) is -1.09. The molecule has 0 unspecified atom stereocenters. The highest BCUT2D eigenvalue weighted by Crippen LogP contribution is 2.00. The molecule has 2 N–H and O–H groups in total. The molecule has 16 heavy (non-hydrogen) atoms. The number of esters is 2. The molecule has 0 heterocycles. The maximum Gasteiger partial charge on any atom is 0.331 e. The second-order valence-corrected chi connectivity index (χ2v) is 3.13. The molecule has 0 aliphatic carbocycles. The highest BCUT2D eigenvalue weighted by Gasteiger charge is 2.03. The van der Waals surface area contributed by atoms with E-state index in [9.17, 15) is 9.59 Å². The maximum absolute atomic E-state index is 11.0. The van der Waals surface area contributed by atoms with Gasteiger partial charge in [0.1, 0.15) is 19.8 Å². The number of hydrogen-bond donors (Lipinski definition) is 2. The highest BCUT2D eigenvalue weighted by molar-refractivity contribution is 5.70. The van der Waals surface area contributed by atoms with Crippen molar-refractivity contribution >= 4 is 11.9 Å². The van der Waals surface area contributed by atoms with Gasteiger partial charge >= 0.3 is 11.9 Å². The first-order valence-corrected chi connectivity index (χ1v) is 5.23. The van der Waals surface area contributed by atoms with Crippen molar-refractivity contribution < 1.29 is 29.3 Å². The number of hydrogen-bond acceptors (Lipinski definition) is 6. The zero-order chi connectivity index (χ0) is 12.2. The molecule has 0 atom stereocenters. The first-order chi connectivity index (χ1) is 7.70. The summed E-state index contributed by atoms with van der Waals surface area (Å²) >= 11 is 0. The smallest absolute Gasteiger partial charge is 0.331 e. The molecule has 0 aromatic carbocycles. The average molecular weight is 234 g/mol. The zero-order valence-electron chi connectivity index (χ0n) is 9.18. The first kappa shape index (κ1) is 14.9. The molecule has 0 saturated carbocycles. The Morgan fingerprint density at radius 2 is 1.50 bits per heavy atom. The van der Waals surface area contributed by atoms with Crippen LogP contribution in [0.5, 0.6) is 0 Å². The van der Waals surface area contributed by atoms with Crippen molar-refractivity contribution in [1.82, 2.24) is 0 Å². The van der Waals surface area contributed by atoms with Gasteiger partial charge in [0.05, 0.1) is 0 Å². The van der Waals surface area contributed by atoms with E-state index in [0.29, 0.717) is 19.3 Å². The van der Waals surface area contributed by atoms with Gasteiger partial charge in [-0.2, -0.15) is 0 Å². The summed E-state index contributed by atoms with van der Waals surface area (Å²) in [5.41, 5.74) is 0. The number of carbonyl (C=O) groups excluding carboxylic acids is 2. The predicted octanol–water partition coefficient (Wildman–Crippen LogP) is -0.382. The van der Waals surface area contributed by atoms with Crippen molar-refractivity contribution in [3.63, 3.8) is 0 Å². The van der Waals surface area contributed by atoms with Crippen LogP contribution in [0, 0.1) is 0 Å². The lowest BCUT2D eigenvalue weighted by atomic mass is 10.2. The van der Waals surface area contributed by atoms with Gasteiger partial charge in [-0.3, -0.25) is 4.79 Å². The lowest BCUT2D eigenvalue weighted by Gasteiger charge is -2.05. The first-order valence-electron chi connectivity index (χ1n) is 5.23. The van der Waals surface area contributed by atoms with Crippen LogP contribution in [0.1, 0.15) is 25.7 Å². The lowest BCUT2D eigenvalue weighted by molar-refractivity contribution is -0.154. The lowest BCUT2D eigenvalue weighted by Crippen LogP contribution is -2.15. The third-order valence-corrected chi connectivity index (χ3v) is 1.78. The Balaban J connectivity index is 3.27. The summed E-state index contributed by atoms with van der Waals surface area (Å²) in [6, 6.07) is 0. The minimum atomic E-state index is -0.737. The molecule has 6 heteroatoms. The second kappa shape index (κ2) is 10.4. The summed E-state index contributed by atoms with van der Waals surface area (Å²) < 4.78 is 9.24. The van der Waals surface area contributed by atoms with Crippen molar-refractivity contribution in [1.29, 1.82) is 0 Å². The molecule has 0 spiro atoms. The van der Waals surface area contributed by atoms with Gasteiger partial charge in [0.2, 0.25) is 0 Å². The van der Waals surface area contributed by atoms with Crippen LogP contribution < -0.4 is 0 Å². The van der Waals surface area contributed by atoms with E-state index in [0.717, 1.165) is 6.42 Å². The standard InChI is InChI=1S/C10H18O6/c11-5-3-1-2-4-9(13)15-6-7-16-10(14)8-12/h11-12H,1-8H2. The van der Waals surface area contributed by atoms with Crippen molar-refractivity contribution in [2.45, 2.75) is 25.7 Å². The van der Waals surface area contributed by atoms with E-state index in [-0.39, 0.29) is 25.8 Å². The van der Waals surface area contributed by atoms with Crippen LogP contribution in [0.15, 0.2) is 0 Å². The summed E-state index contributed by atoms with van der Waals surface area (Å²) in [6.45, 7) is -0.576. The molecule has 0 radical (unpaired) electrons. The fraction of sp³-hybridized carbons (Fsp3) is 0.800. The number of aliphatic hydroxyl groups is 2. The van der Waals surface area contributed by atoms with Gasteiger partial charge in [0, 0.05) is 13.0 Å². The highest BCUT2D eigenvalue weighted by atomic mass is 16.6. The second-order valence-electron chi connectivity index (χ2n) is 3.13. The van der Waals surface area contributed by atoms with Gasteiger partial charge in [-0.25, -0.2) is 4.79 Å². The number of carbonyl (C=O) groups is 2. The molecule has 0 aromatic rings. The molecule has 0 fully saturated rings. The van der Waals surface area contributed by atoms with E-state index in [1.165, 1.54) is 0 Å². The maximum atomic E-state index is 11.0. The topological polar surface area (TPSA) is 93.1 Å². The van der Waals surface area contributed by atoms with Crippen molar-refractivity contribution in [2.75, 3.05) is 26.4 Å². The Labute approximate surface area is 94.2 Å². The van der Waals surface area contributed by atoms with E-state index in [1.807, 2.05) is 0 Å². The van der Waals surface area contributed by atoms with Crippen LogP contribution >= 0.6 is 0 Å². The Morgan fingerprint density at radius 3 is 2.06 bits per heavy atom. The average Bonchev–Trinajstić information content (AvgIpc) is 2.30. The molecular weight excluding hydrogens is 216 g/mol. The third kappa shape index (κ3) is 9.42. The zero-order valence-corrected chi connectivity index (χ0v) is 9.18. The molecule has 0 bridgehead atoms. The van der Waals surface area contributed by atoms with Crippen molar-refractivity contribution in [3.05, 3.63) is 0 Å². The number of rotatable bonds is 9. The number of unbranched alkanes of at least 4 members (excludes halogenated alkanes) is 2. The quantitative estimate of drug-likeness (QED) is 0.417. The molecule has 0 saturated heterocycles. The molecular formula is C10H18O6. The Hall–Kier alpha value is -1.14. The summed E-state index contributed by atoms with van der Waals surface area (Å²) in [6.07, 6.45) is 2.44. The van der Waals surface area contributed by atoms with Crippen LogP contribution in [0.3, 0.4) is 0 Å². The fourth-order valence-electron chi connectivity index (χ4n) is 0.987. The monoisotopic (exact) mass is 234 g/mol. The summed E-state index contributed by atoms with van der Waals surface area (Å²) in [7, 11) is 0. The van der Waals surface area contributed by atoms with Crippen LogP contribution in [0.25, 0.3) is 0 Å². The normalized spacial score (nSPS) is 9.88. The molecule has 6 nitrogen and oxygen atoms in total. The van der Waals surface area contributed by atoms with Crippen LogP contribution in [0.2, 0.25) is 0 Å². The fourth-order valence-corrected chi connectivity index (χ4v) is 0.987. The number of ether oxygens (including phenoxy) is 2. The van der Waals surface area contributed by atoms with Gasteiger partial charge in [-0.05, 0) is 12.8 Å². The van der Waals surface area contributed by atoms with Crippen molar-refractivity contribution in [2.24, 2.45) is 0 Å². The van der Waals surface area contributed by atoms with Gasteiger partial charge in [0.15, 0.2) is 0 Å². The van der Waals surface area contributed by atoms with Crippen molar-refractivity contribution in [3.8, 4) is 0 Å². The van der Waals surface area contributed by atoms with Gasteiger partial charge < -0.3 is 19.7 Å². The SMILES string of the molecule is O=C(CO)OCCOC(=O)CCCCCO. The van der Waals surface area contributed by atoms with Gasteiger partial charge in [-0.15, -0.1) is 0 Å². The summed E-state index contributed by atoms with van der Waals surface area (Å²) in [4.78, 5) is 21.5. The molecule has 94 valence electrons. The van der Waals surface area contributed by atoms with E-state index in [2.05, 4.69) is 4.74 Å². The number of aliphatic hydroxyl groups excluding tert-OH is 2. The minimum absolute atomic E-state index is 0.00454. The molecule has 0 aromatic heterocycles. The van der Waals surface area contributed by atoms with Crippen LogP contribution in [-0.4, -0.2) is 48.6 Å². The largest absolute Gasteiger partial charge is 0.462 e. The van der Waals surface area contributed by atoms with E-state index in [4.69, 9.17) is 14.9 Å². The Bertz CT molecular complexity index is 203. The van der Waals surface area contributed by atoms with Gasteiger partial charge in [0.25, 0.3) is 0 Å². The third-order valence-electron chi connectivity index (χ3n) is 1.78. The summed E-state index contributed by atoms with van der Waals surface area (Å²) in [5, 5.41) is 16.8. The van der Waals surface area contributed by atoms with E-state index >= 15 is 0 Å². The Kier molecular flexibility index (Phi) is 9.64. The molecule has 0 amide bonds. The predicted molar refractivity (Wildman–Crippen MR) is 54.6 cm³/mol. The minimum Gasteiger partial charge on any atom is -0.462 e. The van der Waals surface area contributed by atoms with Crippen LogP contribution in [-0.2, 0) is 19.1 Å². The van der Waals surface area contributed by atoms with E-state index in [1.54, 1.807) is 0 Å². The molecule has 0 rings (SSSR count). The van der Waals surface area contributed by atoms with E-state index < -0.39 is 12.6 Å².